The van der Waals surface area contributed by atoms with Gasteiger partial charge in [0.1, 0.15) is 0 Å². The number of nitro benzene ring substituents is 1. The van der Waals surface area contributed by atoms with Gasteiger partial charge in [0.05, 0.1) is 9.82 Å². The van der Waals surface area contributed by atoms with Crippen molar-refractivity contribution in [2.24, 2.45) is 0 Å². The molecule has 100 valence electrons. The van der Waals surface area contributed by atoms with Crippen molar-refractivity contribution in [3.63, 3.8) is 0 Å². The third-order valence-corrected chi connectivity index (χ3v) is 4.44. The monoisotopic (exact) mass is 336 g/mol. The lowest BCUT2D eigenvalue weighted by Crippen LogP contribution is -2.25. The van der Waals surface area contributed by atoms with Gasteiger partial charge in [0.2, 0.25) is 10.0 Å². The minimum absolute atomic E-state index is 0.0497. The molecular formula is C10H13BrN2O4S. The van der Waals surface area contributed by atoms with Crippen LogP contribution in [0.15, 0.2) is 23.1 Å². The van der Waals surface area contributed by atoms with Crippen molar-refractivity contribution in [1.82, 2.24) is 4.72 Å². The molecular weight excluding hydrogens is 324 g/mol. The Labute approximate surface area is 114 Å². The minimum atomic E-state index is -3.69. The molecule has 0 amide bonds. The van der Waals surface area contributed by atoms with Crippen LogP contribution in [0.2, 0.25) is 0 Å². The zero-order chi connectivity index (χ0) is 13.8. The number of sulfonamides is 1. The van der Waals surface area contributed by atoms with Crippen molar-refractivity contribution in [2.75, 3.05) is 11.9 Å². The molecule has 0 bridgehead atoms. The van der Waals surface area contributed by atoms with E-state index in [1.807, 2.05) is 0 Å². The fraction of sp³-hybridized carbons (Fsp3) is 0.400. The van der Waals surface area contributed by atoms with Gasteiger partial charge in [-0.1, -0.05) is 22.0 Å². The van der Waals surface area contributed by atoms with Crippen LogP contribution < -0.4 is 4.72 Å². The first-order chi connectivity index (χ1) is 8.38. The summed E-state index contributed by atoms with van der Waals surface area (Å²) < 4.78 is 26.3. The summed E-state index contributed by atoms with van der Waals surface area (Å²) >= 11 is 3.19. The van der Waals surface area contributed by atoms with Gasteiger partial charge in [0, 0.05) is 24.0 Å². The molecule has 1 aromatic rings. The molecule has 0 radical (unpaired) electrons. The Morgan fingerprint density at radius 3 is 2.67 bits per heavy atom. The zero-order valence-corrected chi connectivity index (χ0v) is 12.1. The quantitative estimate of drug-likeness (QED) is 0.372. The second-order valence-corrected chi connectivity index (χ2v) is 6.18. The highest BCUT2D eigenvalue weighted by atomic mass is 79.9. The van der Waals surface area contributed by atoms with E-state index in [0.29, 0.717) is 17.3 Å². The lowest BCUT2D eigenvalue weighted by molar-refractivity contribution is -0.385. The van der Waals surface area contributed by atoms with E-state index in [9.17, 15) is 18.5 Å². The maximum absolute atomic E-state index is 12.0. The first-order valence-corrected chi connectivity index (χ1v) is 7.79. The van der Waals surface area contributed by atoms with Crippen LogP contribution in [0.5, 0.6) is 0 Å². The first-order valence-electron chi connectivity index (χ1n) is 5.19. The topological polar surface area (TPSA) is 89.3 Å². The first kappa shape index (κ1) is 15.1. The summed E-state index contributed by atoms with van der Waals surface area (Å²) in [6, 6.07) is 3.79. The number of alkyl halides is 1. The lowest BCUT2D eigenvalue weighted by atomic mass is 10.2. The highest BCUT2D eigenvalue weighted by Crippen LogP contribution is 2.21. The summed E-state index contributed by atoms with van der Waals surface area (Å²) in [5, 5.41) is 11.3. The molecule has 0 aliphatic carbocycles. The molecule has 6 nitrogen and oxygen atoms in total. The molecule has 0 aromatic heterocycles. The second kappa shape index (κ2) is 6.26. The smallest absolute Gasteiger partial charge is 0.258 e. The van der Waals surface area contributed by atoms with Gasteiger partial charge in [0.25, 0.3) is 5.69 Å². The van der Waals surface area contributed by atoms with Crippen LogP contribution in [-0.4, -0.2) is 25.2 Å². The maximum atomic E-state index is 12.0. The number of halogens is 1. The second-order valence-electron chi connectivity index (χ2n) is 3.65. The number of nitrogens with one attached hydrogen (secondary N) is 1. The van der Waals surface area contributed by atoms with E-state index in [-0.39, 0.29) is 17.1 Å². The Kier molecular flexibility index (Phi) is 5.24. The van der Waals surface area contributed by atoms with Crippen molar-refractivity contribution in [2.45, 2.75) is 18.2 Å². The van der Waals surface area contributed by atoms with E-state index in [1.165, 1.54) is 12.1 Å². The van der Waals surface area contributed by atoms with E-state index >= 15 is 0 Å². The molecule has 18 heavy (non-hydrogen) atoms. The van der Waals surface area contributed by atoms with E-state index in [2.05, 4.69) is 20.7 Å². The summed E-state index contributed by atoms with van der Waals surface area (Å²) in [6.07, 6.45) is 0.646. The summed E-state index contributed by atoms with van der Waals surface area (Å²) in [5.74, 6) is 0. The van der Waals surface area contributed by atoms with Crippen LogP contribution in [0.4, 0.5) is 5.69 Å². The third-order valence-electron chi connectivity index (χ3n) is 2.27. The number of hydrogen-bond donors (Lipinski definition) is 1. The predicted molar refractivity (Wildman–Crippen MR) is 71.4 cm³/mol. The molecule has 0 spiro atoms. The fourth-order valence-electron chi connectivity index (χ4n) is 1.34. The molecule has 0 unspecified atom stereocenters. The molecule has 8 heteroatoms. The average molecular weight is 337 g/mol. The fourth-order valence-corrected chi connectivity index (χ4v) is 2.96. The van der Waals surface area contributed by atoms with Crippen molar-refractivity contribution >= 4 is 31.6 Å². The van der Waals surface area contributed by atoms with Crippen molar-refractivity contribution in [3.05, 3.63) is 33.9 Å². The number of aryl methyl sites for hydroxylation is 1. The van der Waals surface area contributed by atoms with Gasteiger partial charge in [-0.25, -0.2) is 13.1 Å². The molecule has 1 aromatic carbocycles. The Hall–Kier alpha value is -0.990. The number of hydrogen-bond acceptors (Lipinski definition) is 4. The SMILES string of the molecule is Cc1ccc([N+](=O)[O-])cc1S(=O)(=O)NCCCBr. The van der Waals surface area contributed by atoms with Crippen molar-refractivity contribution < 1.29 is 13.3 Å². The van der Waals surface area contributed by atoms with Gasteiger partial charge in [-0.15, -0.1) is 0 Å². The van der Waals surface area contributed by atoms with E-state index in [1.54, 1.807) is 6.92 Å². The highest BCUT2D eigenvalue weighted by Gasteiger charge is 2.19. The number of nitrogens with zero attached hydrogens (tertiary/aromatic N) is 1. The van der Waals surface area contributed by atoms with E-state index < -0.39 is 14.9 Å². The molecule has 1 rings (SSSR count). The maximum Gasteiger partial charge on any atom is 0.270 e. The molecule has 0 fully saturated rings. The zero-order valence-electron chi connectivity index (χ0n) is 9.72. The third kappa shape index (κ3) is 3.76. The Morgan fingerprint density at radius 1 is 1.44 bits per heavy atom. The standard InChI is InChI=1S/C10H13BrN2O4S/c1-8-3-4-9(13(14)15)7-10(8)18(16,17)12-6-2-5-11/h3-4,7,12H,2,5-6H2,1H3. The molecule has 0 saturated heterocycles. The number of nitro groups is 1. The molecule has 0 heterocycles. The molecule has 0 saturated carbocycles. The Balaban J connectivity index is 3.07. The highest BCUT2D eigenvalue weighted by molar-refractivity contribution is 9.09. The van der Waals surface area contributed by atoms with Crippen molar-refractivity contribution in [1.29, 1.82) is 0 Å². The van der Waals surface area contributed by atoms with Gasteiger partial charge in [0.15, 0.2) is 0 Å². The molecule has 0 aliphatic rings. The Morgan fingerprint density at radius 2 is 2.11 bits per heavy atom. The summed E-state index contributed by atoms with van der Waals surface area (Å²) in [7, 11) is -3.69. The number of non-ortho nitro benzene ring substituents is 1. The minimum Gasteiger partial charge on any atom is -0.258 e. The molecule has 1 N–H and O–H groups in total. The van der Waals surface area contributed by atoms with Crippen LogP contribution in [0.25, 0.3) is 0 Å². The van der Waals surface area contributed by atoms with Gasteiger partial charge >= 0.3 is 0 Å². The van der Waals surface area contributed by atoms with Gasteiger partial charge in [-0.3, -0.25) is 10.1 Å². The van der Waals surface area contributed by atoms with Crippen LogP contribution >= 0.6 is 15.9 Å². The lowest BCUT2D eigenvalue weighted by Gasteiger charge is -2.08. The summed E-state index contributed by atoms with van der Waals surface area (Å²) in [5.41, 5.74) is 0.244. The van der Waals surface area contributed by atoms with Crippen LogP contribution in [0.3, 0.4) is 0 Å². The number of rotatable bonds is 6. The van der Waals surface area contributed by atoms with E-state index in [4.69, 9.17) is 0 Å². The summed E-state index contributed by atoms with van der Waals surface area (Å²) in [4.78, 5) is 9.97. The van der Waals surface area contributed by atoms with Crippen LogP contribution in [-0.2, 0) is 10.0 Å². The average Bonchev–Trinajstić information content (AvgIpc) is 2.29. The summed E-state index contributed by atoms with van der Waals surface area (Å²) in [6.45, 7) is 1.89. The van der Waals surface area contributed by atoms with Gasteiger partial charge in [-0.05, 0) is 18.9 Å². The van der Waals surface area contributed by atoms with Gasteiger partial charge in [-0.2, -0.15) is 0 Å². The van der Waals surface area contributed by atoms with Gasteiger partial charge < -0.3 is 0 Å². The number of benzene rings is 1. The van der Waals surface area contributed by atoms with Crippen LogP contribution in [0, 0.1) is 17.0 Å². The normalized spacial score (nSPS) is 11.4. The van der Waals surface area contributed by atoms with Crippen molar-refractivity contribution in [3.8, 4) is 0 Å². The largest absolute Gasteiger partial charge is 0.270 e. The Bertz CT molecular complexity index is 545. The van der Waals surface area contributed by atoms with Crippen LogP contribution in [0.1, 0.15) is 12.0 Å². The van der Waals surface area contributed by atoms with E-state index in [0.717, 1.165) is 6.07 Å². The molecule has 0 atom stereocenters. The predicted octanol–water partition coefficient (Wildman–Crippen LogP) is 1.97. The molecule has 0 aliphatic heterocycles.